The summed E-state index contributed by atoms with van der Waals surface area (Å²) in [5, 5.41) is 3.44. The molecule has 2 aliphatic heterocycles. The number of imidazole rings is 1. The molecule has 2 saturated heterocycles. The van der Waals surface area contributed by atoms with Gasteiger partial charge in [-0.25, -0.2) is 4.98 Å². The topological polar surface area (TPSA) is 63.4 Å². The molecule has 4 rings (SSSR count). The van der Waals surface area contributed by atoms with Crippen LogP contribution in [0, 0.1) is 6.92 Å². The molecule has 0 aromatic carbocycles. The summed E-state index contributed by atoms with van der Waals surface area (Å²) >= 11 is 0. The SMILES string of the molecule is CCNC(=NCCc1cn2cccc(C)c2n1)N1CCOC(C2CCCO2)C1.I. The Hall–Kier alpha value is -1.39. The lowest BCUT2D eigenvalue weighted by Crippen LogP contribution is -2.53. The number of hydrogen-bond donors (Lipinski definition) is 1. The normalized spacial score (nSPS) is 22.7. The Bertz CT molecular complexity index is 819. The molecule has 160 valence electrons. The van der Waals surface area contributed by atoms with E-state index in [2.05, 4.69) is 46.8 Å². The highest BCUT2D eigenvalue weighted by Gasteiger charge is 2.32. The molecular weight excluding hydrogens is 481 g/mol. The fourth-order valence-electron chi connectivity index (χ4n) is 4.02. The number of pyridine rings is 1. The van der Waals surface area contributed by atoms with Crippen molar-refractivity contribution in [3.05, 3.63) is 35.8 Å². The number of guanidine groups is 1. The highest BCUT2D eigenvalue weighted by atomic mass is 127. The molecule has 2 aromatic rings. The number of ether oxygens (including phenoxy) is 2. The predicted octanol–water partition coefficient (Wildman–Crippen LogP) is 2.65. The lowest BCUT2D eigenvalue weighted by atomic mass is 10.1. The number of fused-ring (bicyclic) bond motifs is 1. The average molecular weight is 513 g/mol. The van der Waals surface area contributed by atoms with Crippen LogP contribution in [0.5, 0.6) is 0 Å². The van der Waals surface area contributed by atoms with Gasteiger partial charge in [-0.05, 0) is 38.3 Å². The number of morpholine rings is 1. The number of nitrogens with zero attached hydrogens (tertiary/aromatic N) is 4. The van der Waals surface area contributed by atoms with Crippen molar-refractivity contribution in [2.45, 2.75) is 45.3 Å². The molecule has 0 saturated carbocycles. The van der Waals surface area contributed by atoms with E-state index in [0.717, 1.165) is 69.4 Å². The van der Waals surface area contributed by atoms with Crippen LogP contribution in [-0.4, -0.2) is 71.8 Å². The Morgan fingerprint density at radius 1 is 1.31 bits per heavy atom. The highest BCUT2D eigenvalue weighted by Crippen LogP contribution is 2.21. The van der Waals surface area contributed by atoms with Gasteiger partial charge in [-0.3, -0.25) is 4.99 Å². The first-order chi connectivity index (χ1) is 13.7. The first-order valence-corrected chi connectivity index (χ1v) is 10.4. The second-order valence-electron chi connectivity index (χ2n) is 7.55. The van der Waals surface area contributed by atoms with Crippen LogP contribution in [0.1, 0.15) is 31.0 Å². The molecule has 0 bridgehead atoms. The molecule has 2 aromatic heterocycles. The van der Waals surface area contributed by atoms with Gasteiger partial charge in [0.25, 0.3) is 0 Å². The van der Waals surface area contributed by atoms with Gasteiger partial charge >= 0.3 is 0 Å². The van der Waals surface area contributed by atoms with Crippen LogP contribution in [0.4, 0.5) is 0 Å². The number of rotatable bonds is 5. The minimum Gasteiger partial charge on any atom is -0.375 e. The Balaban J connectivity index is 0.00000240. The second-order valence-corrected chi connectivity index (χ2v) is 7.55. The molecule has 2 aliphatic rings. The van der Waals surface area contributed by atoms with Crippen LogP contribution in [0.3, 0.4) is 0 Å². The van der Waals surface area contributed by atoms with Gasteiger partial charge in [0.05, 0.1) is 18.4 Å². The second kappa shape index (κ2) is 10.6. The number of halogens is 1. The predicted molar refractivity (Wildman–Crippen MR) is 125 cm³/mol. The van der Waals surface area contributed by atoms with Gasteiger partial charge in [0.1, 0.15) is 11.8 Å². The molecule has 2 atom stereocenters. The minimum absolute atomic E-state index is 0. The Labute approximate surface area is 189 Å². The third kappa shape index (κ3) is 5.40. The maximum absolute atomic E-state index is 5.98. The van der Waals surface area contributed by atoms with Crippen LogP contribution in [-0.2, 0) is 15.9 Å². The number of aromatic nitrogens is 2. The molecule has 0 radical (unpaired) electrons. The molecule has 29 heavy (non-hydrogen) atoms. The molecule has 8 heteroatoms. The molecule has 1 N–H and O–H groups in total. The molecule has 2 unspecified atom stereocenters. The monoisotopic (exact) mass is 513 g/mol. The minimum atomic E-state index is 0. The zero-order valence-electron chi connectivity index (χ0n) is 17.3. The van der Waals surface area contributed by atoms with Gasteiger partial charge in [0.15, 0.2) is 5.96 Å². The lowest BCUT2D eigenvalue weighted by molar-refractivity contribution is -0.0817. The summed E-state index contributed by atoms with van der Waals surface area (Å²) in [6.45, 7) is 9.06. The average Bonchev–Trinajstić information content (AvgIpc) is 3.38. The summed E-state index contributed by atoms with van der Waals surface area (Å²) in [5.41, 5.74) is 3.30. The number of aryl methyl sites for hydroxylation is 1. The third-order valence-corrected chi connectivity index (χ3v) is 5.46. The quantitative estimate of drug-likeness (QED) is 0.379. The molecule has 7 nitrogen and oxygen atoms in total. The molecule has 2 fully saturated rings. The van der Waals surface area contributed by atoms with E-state index in [9.17, 15) is 0 Å². The summed E-state index contributed by atoms with van der Waals surface area (Å²) in [4.78, 5) is 11.9. The first kappa shape index (κ1) is 22.3. The largest absolute Gasteiger partial charge is 0.375 e. The maximum atomic E-state index is 5.98. The van der Waals surface area contributed by atoms with Crippen molar-refractivity contribution in [3.63, 3.8) is 0 Å². The third-order valence-electron chi connectivity index (χ3n) is 5.46. The smallest absolute Gasteiger partial charge is 0.194 e. The van der Waals surface area contributed by atoms with E-state index < -0.39 is 0 Å². The van der Waals surface area contributed by atoms with Crippen LogP contribution in [0.25, 0.3) is 5.65 Å². The van der Waals surface area contributed by atoms with Crippen LogP contribution in [0.15, 0.2) is 29.5 Å². The van der Waals surface area contributed by atoms with Crippen molar-refractivity contribution in [1.29, 1.82) is 0 Å². The molecule has 0 aliphatic carbocycles. The molecule has 4 heterocycles. The number of aliphatic imine (C=N–C) groups is 1. The van der Waals surface area contributed by atoms with Crippen molar-refractivity contribution in [2.24, 2.45) is 4.99 Å². The van der Waals surface area contributed by atoms with Crippen LogP contribution >= 0.6 is 24.0 Å². The summed E-state index contributed by atoms with van der Waals surface area (Å²) in [6, 6.07) is 4.15. The van der Waals surface area contributed by atoms with Gasteiger partial charge in [-0.15, -0.1) is 24.0 Å². The van der Waals surface area contributed by atoms with E-state index in [1.807, 2.05) is 6.20 Å². The zero-order valence-corrected chi connectivity index (χ0v) is 19.7. The fraction of sp³-hybridized carbons (Fsp3) is 0.619. The Morgan fingerprint density at radius 3 is 2.93 bits per heavy atom. The van der Waals surface area contributed by atoms with E-state index in [-0.39, 0.29) is 36.2 Å². The van der Waals surface area contributed by atoms with Crippen LogP contribution < -0.4 is 5.32 Å². The van der Waals surface area contributed by atoms with Crippen molar-refractivity contribution in [3.8, 4) is 0 Å². The van der Waals surface area contributed by atoms with Gasteiger partial charge < -0.3 is 24.1 Å². The standard InChI is InChI=1S/C21H31N5O2.HI/c1-3-22-21(26-11-13-28-19(15-26)18-7-5-12-27-18)23-9-8-17-14-25-10-4-6-16(2)20(25)24-17;/h4,6,10,14,18-19H,3,5,7-9,11-13,15H2,1-2H3,(H,22,23);1H. The summed E-state index contributed by atoms with van der Waals surface area (Å²) in [6.07, 6.45) is 7.58. The van der Waals surface area contributed by atoms with Crippen molar-refractivity contribution < 1.29 is 9.47 Å². The summed E-state index contributed by atoms with van der Waals surface area (Å²) < 4.78 is 13.9. The zero-order chi connectivity index (χ0) is 19.3. The fourth-order valence-corrected chi connectivity index (χ4v) is 4.02. The van der Waals surface area contributed by atoms with E-state index in [1.54, 1.807) is 0 Å². The highest BCUT2D eigenvalue weighted by molar-refractivity contribution is 14.0. The van der Waals surface area contributed by atoms with Gasteiger partial charge in [-0.2, -0.15) is 0 Å². The lowest BCUT2D eigenvalue weighted by Gasteiger charge is -2.37. The number of nitrogens with one attached hydrogen (secondary N) is 1. The van der Waals surface area contributed by atoms with E-state index >= 15 is 0 Å². The van der Waals surface area contributed by atoms with Gasteiger partial charge in [0.2, 0.25) is 0 Å². The Kier molecular flexibility index (Phi) is 8.14. The van der Waals surface area contributed by atoms with Gasteiger partial charge in [-0.1, -0.05) is 6.07 Å². The van der Waals surface area contributed by atoms with E-state index in [0.29, 0.717) is 6.54 Å². The first-order valence-electron chi connectivity index (χ1n) is 10.4. The summed E-state index contributed by atoms with van der Waals surface area (Å²) in [5.74, 6) is 0.966. The molecule has 0 spiro atoms. The molecular formula is C21H32IN5O2. The van der Waals surface area contributed by atoms with Crippen molar-refractivity contribution in [2.75, 3.05) is 39.4 Å². The van der Waals surface area contributed by atoms with Crippen molar-refractivity contribution >= 4 is 35.6 Å². The van der Waals surface area contributed by atoms with E-state index in [1.165, 1.54) is 5.56 Å². The Morgan fingerprint density at radius 2 is 2.17 bits per heavy atom. The van der Waals surface area contributed by atoms with Crippen molar-refractivity contribution in [1.82, 2.24) is 19.6 Å². The maximum Gasteiger partial charge on any atom is 0.194 e. The van der Waals surface area contributed by atoms with E-state index in [4.69, 9.17) is 19.5 Å². The van der Waals surface area contributed by atoms with Gasteiger partial charge in [0, 0.05) is 51.6 Å². The molecule has 0 amide bonds. The number of hydrogen-bond acceptors (Lipinski definition) is 4. The van der Waals surface area contributed by atoms with Crippen LogP contribution in [0.2, 0.25) is 0 Å². The summed E-state index contributed by atoms with van der Waals surface area (Å²) in [7, 11) is 0.